The van der Waals surface area contributed by atoms with Gasteiger partial charge in [0.05, 0.1) is 38.7 Å². The minimum atomic E-state index is -0.520. The Morgan fingerprint density at radius 2 is 1.02 bits per heavy atom. The summed E-state index contributed by atoms with van der Waals surface area (Å²) in [4.78, 5) is 5.12. The number of hydrogen-bond donors (Lipinski definition) is 0. The molecular weight excluding hydrogens is 643 g/mol. The van der Waals surface area contributed by atoms with Crippen molar-refractivity contribution in [3.63, 3.8) is 0 Å². The average Bonchev–Trinajstić information content (AvgIpc) is 3.79. The zero-order valence-electron chi connectivity index (χ0n) is 28.7. The summed E-state index contributed by atoms with van der Waals surface area (Å²) in [6.07, 6.45) is 0. The van der Waals surface area contributed by atoms with Gasteiger partial charge < -0.3 is 4.57 Å². The van der Waals surface area contributed by atoms with Crippen LogP contribution in [0.5, 0.6) is 0 Å². The van der Waals surface area contributed by atoms with E-state index in [4.69, 9.17) is 4.98 Å². The molecule has 1 unspecified atom stereocenters. The molecule has 8 aromatic carbocycles. The number of hydrogen-bond acceptors (Lipinski definition) is 1. The molecule has 3 aromatic heterocycles. The van der Waals surface area contributed by atoms with E-state index in [1.165, 1.54) is 77.2 Å². The first-order valence-corrected chi connectivity index (χ1v) is 18.3. The van der Waals surface area contributed by atoms with E-state index in [1.54, 1.807) is 0 Å². The topological polar surface area (TPSA) is 22.2 Å². The second kappa shape index (κ2) is 10.5. The van der Waals surface area contributed by atoms with Gasteiger partial charge in [0.25, 0.3) is 0 Å². The highest BCUT2D eigenvalue weighted by Gasteiger charge is 2.45. The van der Waals surface area contributed by atoms with Crippen LogP contribution in [0.1, 0.15) is 22.3 Å². The Hall–Kier alpha value is -6.97. The quantitative estimate of drug-likeness (QED) is 0.171. The van der Waals surface area contributed by atoms with Crippen LogP contribution in [-0.4, -0.2) is 14.0 Å². The maximum Gasteiger partial charge on any atom is 0.146 e. The van der Waals surface area contributed by atoms with Crippen LogP contribution in [0.2, 0.25) is 0 Å². The molecular formula is C50H31N3. The first kappa shape index (κ1) is 28.7. The van der Waals surface area contributed by atoms with Gasteiger partial charge in [0.15, 0.2) is 0 Å². The average molecular weight is 674 g/mol. The van der Waals surface area contributed by atoms with Gasteiger partial charge in [0.2, 0.25) is 0 Å². The minimum Gasteiger partial charge on any atom is -0.309 e. The lowest BCUT2D eigenvalue weighted by atomic mass is 9.63. The lowest BCUT2D eigenvalue weighted by Gasteiger charge is -2.41. The third kappa shape index (κ3) is 3.70. The van der Waals surface area contributed by atoms with Crippen LogP contribution in [0, 0.1) is 0 Å². The van der Waals surface area contributed by atoms with Crippen molar-refractivity contribution in [3.05, 3.63) is 210 Å². The lowest BCUT2D eigenvalue weighted by molar-refractivity contribution is 0.728. The highest BCUT2D eigenvalue weighted by atomic mass is 15.0. The number of benzene rings is 8. The molecule has 246 valence electrons. The summed E-state index contributed by atoms with van der Waals surface area (Å²) < 4.78 is 4.80. The van der Waals surface area contributed by atoms with Crippen LogP contribution in [0.3, 0.4) is 0 Å². The molecule has 1 aliphatic heterocycles. The number of imidazole rings is 1. The monoisotopic (exact) mass is 673 g/mol. The van der Waals surface area contributed by atoms with Crippen molar-refractivity contribution in [3.8, 4) is 16.8 Å². The summed E-state index contributed by atoms with van der Waals surface area (Å²) in [6, 6.07) is 69.2. The molecule has 4 heterocycles. The van der Waals surface area contributed by atoms with Crippen LogP contribution in [-0.2, 0) is 5.41 Å². The zero-order chi connectivity index (χ0) is 34.7. The van der Waals surface area contributed by atoms with Gasteiger partial charge in [-0.3, -0.25) is 4.40 Å². The molecule has 0 fully saturated rings. The van der Waals surface area contributed by atoms with Gasteiger partial charge in [-0.05, 0) is 81.2 Å². The van der Waals surface area contributed by atoms with Gasteiger partial charge in [0.1, 0.15) is 5.65 Å². The molecule has 3 heteroatoms. The van der Waals surface area contributed by atoms with Gasteiger partial charge in [-0.2, -0.15) is 0 Å². The number of aromatic nitrogens is 3. The summed E-state index contributed by atoms with van der Waals surface area (Å²) in [5.41, 5.74) is 15.0. The Labute approximate surface area is 305 Å². The van der Waals surface area contributed by atoms with Gasteiger partial charge in [-0.25, -0.2) is 4.98 Å². The third-order valence-electron chi connectivity index (χ3n) is 11.8. The summed E-state index contributed by atoms with van der Waals surface area (Å²) in [5, 5.41) is 6.16. The van der Waals surface area contributed by atoms with Crippen molar-refractivity contribution in [2.75, 3.05) is 0 Å². The van der Waals surface area contributed by atoms with Gasteiger partial charge in [0, 0.05) is 21.5 Å². The molecule has 53 heavy (non-hydrogen) atoms. The number of rotatable bonds is 3. The van der Waals surface area contributed by atoms with E-state index in [-0.39, 0.29) is 0 Å². The van der Waals surface area contributed by atoms with Gasteiger partial charge in [-0.1, -0.05) is 146 Å². The summed E-state index contributed by atoms with van der Waals surface area (Å²) in [6.45, 7) is 0. The lowest BCUT2D eigenvalue weighted by Crippen LogP contribution is -2.35. The van der Waals surface area contributed by atoms with Crippen LogP contribution < -0.4 is 0 Å². The van der Waals surface area contributed by atoms with E-state index in [0.717, 1.165) is 22.1 Å². The van der Waals surface area contributed by atoms with Crippen molar-refractivity contribution in [2.24, 2.45) is 0 Å². The SMILES string of the molecule is c1ccc(C2(c3ccc(-c4ccc5c(c4)c4ccccc4n4c6ccccc6nc54)cc3)c3ccccc3-n3c4ccccc4c4cccc2c43)cc1. The van der Waals surface area contributed by atoms with E-state index < -0.39 is 5.41 Å². The molecule has 0 radical (unpaired) electrons. The highest BCUT2D eigenvalue weighted by Crippen LogP contribution is 2.54. The number of pyridine rings is 1. The van der Waals surface area contributed by atoms with Crippen LogP contribution in [0.15, 0.2) is 188 Å². The Morgan fingerprint density at radius 1 is 0.396 bits per heavy atom. The Morgan fingerprint density at radius 3 is 1.87 bits per heavy atom. The van der Waals surface area contributed by atoms with E-state index in [0.29, 0.717) is 0 Å². The van der Waals surface area contributed by atoms with Crippen molar-refractivity contribution in [1.82, 2.24) is 14.0 Å². The molecule has 0 N–H and O–H groups in total. The summed E-state index contributed by atoms with van der Waals surface area (Å²) in [5.74, 6) is 0. The molecule has 12 rings (SSSR count). The molecule has 1 aliphatic rings. The smallest absolute Gasteiger partial charge is 0.146 e. The molecule has 0 saturated carbocycles. The van der Waals surface area contributed by atoms with E-state index in [1.807, 2.05) is 0 Å². The zero-order valence-corrected chi connectivity index (χ0v) is 28.7. The fraction of sp³-hybridized carbons (Fsp3) is 0.0200. The predicted molar refractivity (Wildman–Crippen MR) is 219 cm³/mol. The molecule has 0 amide bonds. The first-order chi connectivity index (χ1) is 26.3. The van der Waals surface area contributed by atoms with E-state index in [2.05, 4.69) is 197 Å². The Balaban J connectivity index is 1.10. The molecule has 11 aromatic rings. The van der Waals surface area contributed by atoms with Crippen molar-refractivity contribution < 1.29 is 0 Å². The molecule has 0 spiro atoms. The fourth-order valence-electron chi connectivity index (χ4n) is 9.58. The Kier molecular flexibility index (Phi) is 5.70. The molecule has 0 aliphatic carbocycles. The Bertz CT molecular complexity index is 3280. The van der Waals surface area contributed by atoms with Crippen molar-refractivity contribution in [2.45, 2.75) is 5.41 Å². The highest BCUT2D eigenvalue weighted by molar-refractivity contribution is 6.15. The van der Waals surface area contributed by atoms with Crippen LogP contribution in [0.25, 0.3) is 77.0 Å². The standard InChI is InChI=1S/C50H31N3/c1-2-13-34(14-3-1)50(41-18-6-10-23-46(41)52-44-21-8-4-15-36(44)38-17-12-19-42(50)48(38)52)35-28-25-32(26-29-35)33-27-30-39-40(31-33)37-16-5-9-22-45(37)53-47-24-11-7-20-43(47)51-49(39)53/h1-31H. The normalized spacial score (nSPS) is 15.2. The second-order valence-electron chi connectivity index (χ2n) is 14.3. The molecule has 3 nitrogen and oxygen atoms in total. The fourth-order valence-corrected chi connectivity index (χ4v) is 9.58. The van der Waals surface area contributed by atoms with Crippen LogP contribution >= 0.6 is 0 Å². The number of para-hydroxylation sites is 6. The maximum absolute atomic E-state index is 5.12. The summed E-state index contributed by atoms with van der Waals surface area (Å²) >= 11 is 0. The van der Waals surface area contributed by atoms with Gasteiger partial charge in [-0.15, -0.1) is 0 Å². The van der Waals surface area contributed by atoms with Crippen LogP contribution in [0.4, 0.5) is 0 Å². The second-order valence-corrected chi connectivity index (χ2v) is 14.3. The van der Waals surface area contributed by atoms with Crippen molar-refractivity contribution >= 4 is 60.2 Å². The van der Waals surface area contributed by atoms with Gasteiger partial charge >= 0.3 is 0 Å². The predicted octanol–water partition coefficient (Wildman–Crippen LogP) is 12.3. The largest absolute Gasteiger partial charge is 0.309 e. The number of fused-ring (bicyclic) bond motifs is 13. The molecule has 1 atom stereocenters. The minimum absolute atomic E-state index is 0.520. The van der Waals surface area contributed by atoms with E-state index >= 15 is 0 Å². The van der Waals surface area contributed by atoms with Crippen molar-refractivity contribution in [1.29, 1.82) is 0 Å². The molecule has 0 saturated heterocycles. The third-order valence-corrected chi connectivity index (χ3v) is 11.8. The van der Waals surface area contributed by atoms with E-state index in [9.17, 15) is 0 Å². The molecule has 0 bridgehead atoms. The number of nitrogens with zero attached hydrogens (tertiary/aromatic N) is 3. The summed E-state index contributed by atoms with van der Waals surface area (Å²) in [7, 11) is 0. The maximum atomic E-state index is 5.12. The first-order valence-electron chi connectivity index (χ1n) is 18.3.